The van der Waals surface area contributed by atoms with Crippen molar-refractivity contribution in [3.63, 3.8) is 0 Å². The minimum absolute atomic E-state index is 0.00512. The highest BCUT2D eigenvalue weighted by Crippen LogP contribution is 2.23. The summed E-state index contributed by atoms with van der Waals surface area (Å²) in [6.45, 7) is 2.22. The van der Waals surface area contributed by atoms with E-state index in [0.29, 0.717) is 12.1 Å². The first-order chi connectivity index (χ1) is 10.3. The molecule has 1 aromatic heterocycles. The van der Waals surface area contributed by atoms with Crippen LogP contribution in [0.15, 0.2) is 35.5 Å². The largest absolute Gasteiger partial charge is 0.394 e. The molecular formula is C14H18FN3O3S. The van der Waals surface area contributed by atoms with E-state index in [1.807, 2.05) is 6.92 Å². The Balaban J connectivity index is 2.15. The van der Waals surface area contributed by atoms with Gasteiger partial charge in [-0.2, -0.15) is 5.10 Å². The molecule has 0 spiro atoms. The average Bonchev–Trinajstić information content (AvgIpc) is 2.85. The zero-order valence-electron chi connectivity index (χ0n) is 12.3. The van der Waals surface area contributed by atoms with Crippen LogP contribution in [-0.4, -0.2) is 36.2 Å². The first-order valence-electron chi connectivity index (χ1n) is 6.70. The second-order valence-electron chi connectivity index (χ2n) is 5.04. The van der Waals surface area contributed by atoms with E-state index in [9.17, 15) is 12.8 Å². The molecule has 2 rings (SSSR count). The number of aromatic nitrogens is 2. The highest BCUT2D eigenvalue weighted by Gasteiger charge is 2.16. The van der Waals surface area contributed by atoms with E-state index in [2.05, 4.69) is 10.4 Å². The SMILES string of the molecule is CC(Nc1cnn(CCO)c1)c1ccc(S(C)(=O)=O)c(F)c1. The summed E-state index contributed by atoms with van der Waals surface area (Å²) in [7, 11) is -3.57. The van der Waals surface area contributed by atoms with E-state index in [0.717, 1.165) is 11.9 Å². The minimum Gasteiger partial charge on any atom is -0.394 e. The quantitative estimate of drug-likeness (QED) is 0.842. The molecule has 0 fully saturated rings. The number of sulfone groups is 1. The molecule has 2 N–H and O–H groups in total. The second-order valence-corrected chi connectivity index (χ2v) is 7.03. The molecule has 6 nitrogen and oxygen atoms in total. The average molecular weight is 327 g/mol. The first kappa shape index (κ1) is 16.4. The van der Waals surface area contributed by atoms with Gasteiger partial charge in [0.25, 0.3) is 0 Å². The highest BCUT2D eigenvalue weighted by atomic mass is 32.2. The Morgan fingerprint density at radius 3 is 2.77 bits per heavy atom. The van der Waals surface area contributed by atoms with E-state index >= 15 is 0 Å². The Labute approximate surface area is 128 Å². The van der Waals surface area contributed by atoms with Gasteiger partial charge in [0.05, 0.1) is 25.0 Å². The molecule has 2 aromatic rings. The van der Waals surface area contributed by atoms with Crippen molar-refractivity contribution in [2.75, 3.05) is 18.2 Å². The van der Waals surface area contributed by atoms with Crippen molar-refractivity contribution in [2.45, 2.75) is 24.4 Å². The van der Waals surface area contributed by atoms with Gasteiger partial charge in [0.2, 0.25) is 0 Å². The monoisotopic (exact) mass is 327 g/mol. The van der Waals surface area contributed by atoms with Gasteiger partial charge in [0, 0.05) is 18.5 Å². The zero-order valence-corrected chi connectivity index (χ0v) is 13.1. The number of hydrogen-bond acceptors (Lipinski definition) is 5. The number of nitrogens with one attached hydrogen (secondary N) is 1. The Bertz CT molecular complexity index is 758. The summed E-state index contributed by atoms with van der Waals surface area (Å²) in [5, 5.41) is 16.0. The number of rotatable bonds is 6. The van der Waals surface area contributed by atoms with E-state index < -0.39 is 15.7 Å². The summed E-state index contributed by atoms with van der Waals surface area (Å²) in [6, 6.07) is 3.84. The van der Waals surface area contributed by atoms with Crippen molar-refractivity contribution in [1.29, 1.82) is 0 Å². The lowest BCUT2D eigenvalue weighted by Gasteiger charge is -2.15. The topological polar surface area (TPSA) is 84.2 Å². The molecular weight excluding hydrogens is 309 g/mol. The van der Waals surface area contributed by atoms with Gasteiger partial charge < -0.3 is 10.4 Å². The molecule has 120 valence electrons. The number of hydrogen-bond donors (Lipinski definition) is 2. The van der Waals surface area contributed by atoms with Gasteiger partial charge in [0.15, 0.2) is 9.84 Å². The fourth-order valence-electron chi connectivity index (χ4n) is 2.08. The summed E-state index contributed by atoms with van der Waals surface area (Å²) >= 11 is 0. The standard InChI is InChI=1S/C14H18FN3O3S/c1-10(17-12-8-16-18(9-12)5-6-19)11-3-4-14(13(15)7-11)22(2,20)21/h3-4,7-10,17,19H,5-6H2,1-2H3. The Kier molecular flexibility index (Phi) is 4.82. The molecule has 0 bridgehead atoms. The van der Waals surface area contributed by atoms with E-state index in [-0.39, 0.29) is 17.5 Å². The molecule has 0 saturated heterocycles. The molecule has 0 aliphatic heterocycles. The number of benzene rings is 1. The van der Waals surface area contributed by atoms with Gasteiger partial charge in [-0.1, -0.05) is 6.07 Å². The summed E-state index contributed by atoms with van der Waals surface area (Å²) < 4.78 is 38.3. The molecule has 1 heterocycles. The summed E-state index contributed by atoms with van der Waals surface area (Å²) in [6.07, 6.45) is 4.31. The molecule has 1 unspecified atom stereocenters. The summed E-state index contributed by atoms with van der Waals surface area (Å²) in [4.78, 5) is -0.306. The van der Waals surface area contributed by atoms with Crippen molar-refractivity contribution in [1.82, 2.24) is 9.78 Å². The summed E-state index contributed by atoms with van der Waals surface area (Å²) in [5.41, 5.74) is 1.35. The molecule has 8 heteroatoms. The number of halogens is 1. The van der Waals surface area contributed by atoms with Gasteiger partial charge in [0.1, 0.15) is 10.7 Å². The predicted octanol–water partition coefficient (Wildman–Crippen LogP) is 1.59. The molecule has 0 saturated carbocycles. The second kappa shape index (κ2) is 6.45. The van der Waals surface area contributed by atoms with Gasteiger partial charge in [-0.15, -0.1) is 0 Å². The van der Waals surface area contributed by atoms with E-state index in [1.165, 1.54) is 12.1 Å². The maximum absolute atomic E-state index is 13.9. The Morgan fingerprint density at radius 1 is 1.45 bits per heavy atom. The summed E-state index contributed by atoms with van der Waals surface area (Å²) in [5.74, 6) is -0.760. The van der Waals surface area contributed by atoms with Gasteiger partial charge in [-0.3, -0.25) is 4.68 Å². The van der Waals surface area contributed by atoms with Gasteiger partial charge in [-0.05, 0) is 24.6 Å². The van der Waals surface area contributed by atoms with E-state index in [1.54, 1.807) is 23.1 Å². The number of anilines is 1. The number of nitrogens with zero attached hydrogens (tertiary/aromatic N) is 2. The Hall–Kier alpha value is -1.93. The van der Waals surface area contributed by atoms with Crippen LogP contribution >= 0.6 is 0 Å². The van der Waals surface area contributed by atoms with Crippen LogP contribution in [0.4, 0.5) is 10.1 Å². The maximum Gasteiger partial charge on any atom is 0.178 e. The maximum atomic E-state index is 13.9. The lowest BCUT2D eigenvalue weighted by Crippen LogP contribution is -2.08. The predicted molar refractivity (Wildman–Crippen MR) is 80.9 cm³/mol. The molecule has 0 aliphatic rings. The normalized spacial score (nSPS) is 13.1. The van der Waals surface area contributed by atoms with Crippen LogP contribution in [0.5, 0.6) is 0 Å². The van der Waals surface area contributed by atoms with Crippen LogP contribution in [0.2, 0.25) is 0 Å². The molecule has 22 heavy (non-hydrogen) atoms. The minimum atomic E-state index is -3.57. The van der Waals surface area contributed by atoms with Crippen molar-refractivity contribution in [3.05, 3.63) is 42.0 Å². The molecule has 1 atom stereocenters. The molecule has 1 aromatic carbocycles. The number of aliphatic hydroxyl groups excluding tert-OH is 1. The third-order valence-electron chi connectivity index (χ3n) is 3.20. The number of aliphatic hydroxyl groups is 1. The van der Waals surface area contributed by atoms with Crippen molar-refractivity contribution >= 4 is 15.5 Å². The van der Waals surface area contributed by atoms with Crippen LogP contribution in [0, 0.1) is 5.82 Å². The van der Waals surface area contributed by atoms with Crippen molar-refractivity contribution < 1.29 is 17.9 Å². The van der Waals surface area contributed by atoms with Crippen molar-refractivity contribution in [3.8, 4) is 0 Å². The van der Waals surface area contributed by atoms with Crippen LogP contribution in [0.3, 0.4) is 0 Å². The van der Waals surface area contributed by atoms with Crippen LogP contribution in [0.1, 0.15) is 18.5 Å². The smallest absolute Gasteiger partial charge is 0.178 e. The first-order valence-corrected chi connectivity index (χ1v) is 8.60. The molecule has 0 radical (unpaired) electrons. The van der Waals surface area contributed by atoms with Crippen LogP contribution < -0.4 is 5.32 Å². The van der Waals surface area contributed by atoms with Gasteiger partial charge >= 0.3 is 0 Å². The lowest BCUT2D eigenvalue weighted by atomic mass is 10.1. The molecule has 0 aliphatic carbocycles. The third kappa shape index (κ3) is 3.83. The highest BCUT2D eigenvalue weighted by molar-refractivity contribution is 7.90. The zero-order chi connectivity index (χ0) is 16.3. The lowest BCUT2D eigenvalue weighted by molar-refractivity contribution is 0.269. The Morgan fingerprint density at radius 2 is 2.18 bits per heavy atom. The van der Waals surface area contributed by atoms with Crippen LogP contribution in [-0.2, 0) is 16.4 Å². The van der Waals surface area contributed by atoms with Crippen LogP contribution in [0.25, 0.3) is 0 Å². The van der Waals surface area contributed by atoms with E-state index in [4.69, 9.17) is 5.11 Å². The molecule has 0 amide bonds. The van der Waals surface area contributed by atoms with Gasteiger partial charge in [-0.25, -0.2) is 12.8 Å². The van der Waals surface area contributed by atoms with Crippen molar-refractivity contribution in [2.24, 2.45) is 0 Å². The fraction of sp³-hybridized carbons (Fsp3) is 0.357. The third-order valence-corrected chi connectivity index (χ3v) is 4.33. The fourth-order valence-corrected chi connectivity index (χ4v) is 2.81.